The normalized spacial score (nSPS) is 22.2. The average molecular weight is 579 g/mol. The van der Waals surface area contributed by atoms with E-state index in [1.165, 1.54) is 4.31 Å². The number of ether oxygens (including phenoxy) is 1. The van der Waals surface area contributed by atoms with Crippen molar-refractivity contribution in [1.82, 2.24) is 23.3 Å². The van der Waals surface area contributed by atoms with E-state index in [9.17, 15) is 13.2 Å². The van der Waals surface area contributed by atoms with Gasteiger partial charge >= 0.3 is 0 Å². The molecule has 0 bridgehead atoms. The number of amides is 1. The summed E-state index contributed by atoms with van der Waals surface area (Å²) in [6, 6.07) is 14.6. The van der Waals surface area contributed by atoms with Crippen LogP contribution in [0.3, 0.4) is 0 Å². The lowest BCUT2D eigenvalue weighted by atomic mass is 9.94. The second kappa shape index (κ2) is 11.2. The summed E-state index contributed by atoms with van der Waals surface area (Å²) in [7, 11) is -0.154. The van der Waals surface area contributed by atoms with E-state index in [0.29, 0.717) is 19.7 Å². The number of nitrogens with zero attached hydrogens (tertiary/aromatic N) is 5. The first-order chi connectivity index (χ1) is 19.8. The fourth-order valence-corrected chi connectivity index (χ4v) is 7.99. The molecule has 2 saturated heterocycles. The third-order valence-corrected chi connectivity index (χ3v) is 10.5. The summed E-state index contributed by atoms with van der Waals surface area (Å²) in [6.07, 6.45) is 4.58. The first kappa shape index (κ1) is 27.9. The molecule has 2 N–H and O–H groups in total. The van der Waals surface area contributed by atoms with E-state index in [-0.39, 0.29) is 29.8 Å². The van der Waals surface area contributed by atoms with Gasteiger partial charge in [-0.2, -0.15) is 4.31 Å². The number of para-hydroxylation sites is 2. The number of piperidine rings is 1. The molecular weight excluding hydrogens is 540 g/mol. The van der Waals surface area contributed by atoms with E-state index < -0.39 is 22.0 Å². The van der Waals surface area contributed by atoms with E-state index in [2.05, 4.69) is 10.6 Å². The van der Waals surface area contributed by atoms with Crippen LogP contribution in [0.4, 0.5) is 0 Å². The Balaban J connectivity index is 1.19. The van der Waals surface area contributed by atoms with Crippen LogP contribution in [0.25, 0.3) is 21.9 Å². The van der Waals surface area contributed by atoms with Gasteiger partial charge in [-0.15, -0.1) is 0 Å². The molecule has 0 saturated carbocycles. The second-order valence-corrected chi connectivity index (χ2v) is 13.3. The monoisotopic (exact) mass is 578 g/mol. The Kier molecular flexibility index (Phi) is 7.62. The maximum absolute atomic E-state index is 13.8. The molecule has 0 radical (unpaired) electrons. The molecule has 2 aliphatic heterocycles. The van der Waals surface area contributed by atoms with Gasteiger partial charge in [0.05, 0.1) is 21.8 Å². The number of aromatic nitrogens is 3. The Morgan fingerprint density at radius 3 is 2.76 bits per heavy atom. The van der Waals surface area contributed by atoms with Crippen molar-refractivity contribution in [3.05, 3.63) is 60.6 Å². The summed E-state index contributed by atoms with van der Waals surface area (Å²) in [5.41, 5.74) is 9.46. The number of imidazole rings is 1. The SMILES string of the molecule is COCCCn1c(C2CCCN(C(=O)[C@@H]3CN(S(=O)(=O)c4ccc5c(ccn5C)c4)C[C@H]3N)C2)nc2ccccc21. The lowest BCUT2D eigenvalue weighted by Crippen LogP contribution is -2.47. The van der Waals surface area contributed by atoms with Crippen LogP contribution in [0.2, 0.25) is 0 Å². The molecular formula is C30H38N6O4S. The van der Waals surface area contributed by atoms with E-state index in [4.69, 9.17) is 15.5 Å². The molecule has 11 heteroatoms. The molecule has 2 aromatic heterocycles. The smallest absolute Gasteiger partial charge is 0.243 e. The topological polar surface area (TPSA) is 116 Å². The predicted octanol–water partition coefficient (Wildman–Crippen LogP) is 2.92. The molecule has 1 amide bonds. The van der Waals surface area contributed by atoms with Crippen LogP contribution in [0.1, 0.15) is 31.0 Å². The quantitative estimate of drug-likeness (QED) is 0.322. The molecule has 0 spiro atoms. The molecule has 3 atom stereocenters. The fraction of sp³-hybridized carbons (Fsp3) is 0.467. The number of carbonyl (C=O) groups is 1. The third-order valence-electron chi connectivity index (χ3n) is 8.66. The zero-order valence-corrected chi connectivity index (χ0v) is 24.5. The number of hydrogen-bond donors (Lipinski definition) is 1. The Bertz CT molecular complexity index is 1680. The minimum absolute atomic E-state index is 0.0690. The fourth-order valence-electron chi connectivity index (χ4n) is 6.45. The first-order valence-electron chi connectivity index (χ1n) is 14.3. The Hall–Kier alpha value is -3.25. The first-order valence-corrected chi connectivity index (χ1v) is 15.8. The molecule has 4 heterocycles. The highest BCUT2D eigenvalue weighted by atomic mass is 32.2. The van der Waals surface area contributed by atoms with Crippen LogP contribution < -0.4 is 5.73 Å². The number of sulfonamides is 1. The minimum atomic E-state index is -3.79. The molecule has 2 aromatic carbocycles. The van der Waals surface area contributed by atoms with Crippen molar-refractivity contribution in [3.8, 4) is 0 Å². The lowest BCUT2D eigenvalue weighted by Gasteiger charge is -2.35. The molecule has 41 heavy (non-hydrogen) atoms. The van der Waals surface area contributed by atoms with Crippen LogP contribution >= 0.6 is 0 Å². The van der Waals surface area contributed by atoms with Crippen LogP contribution in [-0.4, -0.2) is 83.6 Å². The summed E-state index contributed by atoms with van der Waals surface area (Å²) in [6.45, 7) is 2.86. The van der Waals surface area contributed by atoms with Gasteiger partial charge in [-0.3, -0.25) is 4.79 Å². The number of nitrogens with two attached hydrogens (primary N) is 1. The highest BCUT2D eigenvalue weighted by Gasteiger charge is 2.43. The van der Waals surface area contributed by atoms with Crippen LogP contribution in [-0.2, 0) is 33.1 Å². The van der Waals surface area contributed by atoms with Crippen LogP contribution in [0.5, 0.6) is 0 Å². The number of hydrogen-bond acceptors (Lipinski definition) is 6. The van der Waals surface area contributed by atoms with Crippen molar-refractivity contribution >= 4 is 37.9 Å². The number of rotatable bonds is 8. The molecule has 2 fully saturated rings. The molecule has 218 valence electrons. The van der Waals surface area contributed by atoms with Gasteiger partial charge in [0.2, 0.25) is 15.9 Å². The Morgan fingerprint density at radius 2 is 1.93 bits per heavy atom. The highest BCUT2D eigenvalue weighted by molar-refractivity contribution is 7.89. The minimum Gasteiger partial charge on any atom is -0.385 e. The molecule has 0 aliphatic carbocycles. The molecule has 6 rings (SSSR count). The largest absolute Gasteiger partial charge is 0.385 e. The maximum Gasteiger partial charge on any atom is 0.243 e. The van der Waals surface area contributed by atoms with Crippen LogP contribution in [0.15, 0.2) is 59.6 Å². The number of benzene rings is 2. The van der Waals surface area contributed by atoms with Gasteiger partial charge in [0, 0.05) is 82.5 Å². The summed E-state index contributed by atoms with van der Waals surface area (Å²) in [5.74, 6) is 0.443. The molecule has 10 nitrogen and oxygen atoms in total. The van der Waals surface area contributed by atoms with Gasteiger partial charge in [-0.25, -0.2) is 13.4 Å². The molecule has 1 unspecified atom stereocenters. The second-order valence-electron chi connectivity index (χ2n) is 11.3. The molecule has 2 aliphatic rings. The van der Waals surface area contributed by atoms with Crippen molar-refractivity contribution in [2.24, 2.45) is 18.7 Å². The predicted molar refractivity (Wildman–Crippen MR) is 158 cm³/mol. The summed E-state index contributed by atoms with van der Waals surface area (Å²) in [5, 5.41) is 0.859. The number of carbonyl (C=O) groups excluding carboxylic acids is 1. The van der Waals surface area contributed by atoms with Crippen molar-refractivity contribution < 1.29 is 17.9 Å². The van der Waals surface area contributed by atoms with Gasteiger partial charge in [-0.1, -0.05) is 12.1 Å². The van der Waals surface area contributed by atoms with Gasteiger partial charge in [0.25, 0.3) is 0 Å². The van der Waals surface area contributed by atoms with E-state index in [0.717, 1.165) is 53.6 Å². The van der Waals surface area contributed by atoms with Crippen LogP contribution in [0, 0.1) is 5.92 Å². The van der Waals surface area contributed by atoms with Gasteiger partial charge in [0.1, 0.15) is 5.82 Å². The Morgan fingerprint density at radius 1 is 1.10 bits per heavy atom. The summed E-state index contributed by atoms with van der Waals surface area (Å²) in [4.78, 5) is 20.9. The lowest BCUT2D eigenvalue weighted by molar-refractivity contribution is -0.136. The average Bonchev–Trinajstić information content (AvgIpc) is 3.68. The number of fused-ring (bicyclic) bond motifs is 2. The number of aryl methyl sites for hydroxylation is 2. The van der Waals surface area contributed by atoms with E-state index in [1.807, 2.05) is 53.0 Å². The van der Waals surface area contributed by atoms with Gasteiger partial charge < -0.3 is 24.5 Å². The number of methoxy groups -OCH3 is 1. The van der Waals surface area contributed by atoms with E-state index in [1.54, 1.807) is 19.2 Å². The summed E-state index contributed by atoms with van der Waals surface area (Å²) < 4.78 is 38.0. The molecule has 4 aromatic rings. The van der Waals surface area contributed by atoms with Crippen molar-refractivity contribution in [3.63, 3.8) is 0 Å². The zero-order chi connectivity index (χ0) is 28.7. The van der Waals surface area contributed by atoms with E-state index >= 15 is 0 Å². The standard InChI is InChI=1S/C30H38N6O4S/c1-33-15-12-21-17-23(10-11-27(21)33)41(38,39)35-19-24(25(31)20-35)30(37)34-13-5-7-22(18-34)29-32-26-8-3-4-9-28(26)36(29)14-6-16-40-2/h3-4,8-12,15,17,22,24-25H,5-7,13-14,16,18-20,31H2,1-2H3/t22?,24-,25-/m1/s1. The van der Waals surface area contributed by atoms with Gasteiger partial charge in [-0.05, 0) is 55.7 Å². The number of likely N-dealkylation sites (tertiary alicyclic amines) is 1. The Labute approximate surface area is 240 Å². The highest BCUT2D eigenvalue weighted by Crippen LogP contribution is 2.32. The van der Waals surface area contributed by atoms with Crippen molar-refractivity contribution in [2.75, 3.05) is 39.9 Å². The summed E-state index contributed by atoms with van der Waals surface area (Å²) >= 11 is 0. The van der Waals surface area contributed by atoms with Crippen molar-refractivity contribution in [1.29, 1.82) is 0 Å². The zero-order valence-electron chi connectivity index (χ0n) is 23.6. The third kappa shape index (κ3) is 5.16. The maximum atomic E-state index is 13.8. The van der Waals surface area contributed by atoms with Crippen molar-refractivity contribution in [2.45, 2.75) is 42.7 Å². The van der Waals surface area contributed by atoms with Gasteiger partial charge in [0.15, 0.2) is 0 Å².